The molecule has 1 amide bonds. The highest BCUT2D eigenvalue weighted by atomic mass is 16.7. The van der Waals surface area contributed by atoms with Gasteiger partial charge in [-0.15, -0.1) is 0 Å². The van der Waals surface area contributed by atoms with Gasteiger partial charge in [0.1, 0.15) is 6.61 Å². The van der Waals surface area contributed by atoms with Gasteiger partial charge in [-0.2, -0.15) is 5.26 Å². The lowest BCUT2D eigenvalue weighted by Gasteiger charge is -2.15. The van der Waals surface area contributed by atoms with E-state index in [0.717, 1.165) is 11.3 Å². The molecule has 2 rings (SSSR count). The van der Waals surface area contributed by atoms with E-state index in [4.69, 9.17) is 19.5 Å². The van der Waals surface area contributed by atoms with Gasteiger partial charge in [0.05, 0.1) is 19.1 Å². The summed E-state index contributed by atoms with van der Waals surface area (Å²) < 4.78 is 15.9. The van der Waals surface area contributed by atoms with Crippen LogP contribution in [0.5, 0.6) is 11.5 Å². The lowest BCUT2D eigenvalue weighted by atomic mass is 10.2. The Morgan fingerprint density at radius 1 is 1.45 bits per heavy atom. The lowest BCUT2D eigenvalue weighted by Crippen LogP contribution is -2.31. The first-order valence-corrected chi connectivity index (χ1v) is 6.28. The molecule has 1 aromatic rings. The van der Waals surface area contributed by atoms with E-state index in [9.17, 15) is 4.79 Å². The maximum atomic E-state index is 11.7. The highest BCUT2D eigenvalue weighted by molar-refractivity contribution is 5.77. The molecular weight excluding hydrogens is 260 g/mol. The minimum Gasteiger partial charge on any atom is -0.454 e. The van der Waals surface area contributed by atoms with Crippen molar-refractivity contribution in [2.45, 2.75) is 13.0 Å². The fraction of sp³-hybridized carbons (Fsp3) is 0.429. The quantitative estimate of drug-likeness (QED) is 0.783. The predicted molar refractivity (Wildman–Crippen MR) is 70.1 cm³/mol. The summed E-state index contributed by atoms with van der Waals surface area (Å²) in [6.07, 6.45) is 0.324. The number of nitriles is 1. The van der Waals surface area contributed by atoms with Gasteiger partial charge in [0, 0.05) is 13.6 Å². The molecule has 1 aromatic carbocycles. The van der Waals surface area contributed by atoms with Gasteiger partial charge in [0.25, 0.3) is 0 Å². The molecule has 106 valence electrons. The SMILES string of the molecule is CN(CCC#N)C(=O)COCc1ccc2c(c1)OCO2. The number of rotatable bonds is 6. The number of ether oxygens (including phenoxy) is 3. The summed E-state index contributed by atoms with van der Waals surface area (Å²) in [5.41, 5.74) is 0.918. The molecule has 1 aliphatic heterocycles. The van der Waals surface area contributed by atoms with Crippen molar-refractivity contribution in [3.63, 3.8) is 0 Å². The van der Waals surface area contributed by atoms with E-state index in [1.165, 1.54) is 4.90 Å². The van der Waals surface area contributed by atoms with Gasteiger partial charge >= 0.3 is 0 Å². The van der Waals surface area contributed by atoms with Crippen LogP contribution < -0.4 is 9.47 Å². The zero-order chi connectivity index (χ0) is 14.4. The average Bonchev–Trinajstić information content (AvgIpc) is 2.92. The first-order valence-electron chi connectivity index (χ1n) is 6.28. The van der Waals surface area contributed by atoms with Crippen molar-refractivity contribution in [1.82, 2.24) is 4.90 Å². The van der Waals surface area contributed by atoms with Crippen molar-refractivity contribution >= 4 is 5.91 Å². The molecule has 20 heavy (non-hydrogen) atoms. The molecule has 0 N–H and O–H groups in total. The van der Waals surface area contributed by atoms with E-state index < -0.39 is 0 Å². The summed E-state index contributed by atoms with van der Waals surface area (Å²) in [6, 6.07) is 7.53. The fourth-order valence-electron chi connectivity index (χ4n) is 1.74. The third-order valence-electron chi connectivity index (χ3n) is 2.92. The van der Waals surface area contributed by atoms with Crippen molar-refractivity contribution in [2.75, 3.05) is 27.0 Å². The zero-order valence-electron chi connectivity index (χ0n) is 11.3. The maximum absolute atomic E-state index is 11.7. The summed E-state index contributed by atoms with van der Waals surface area (Å²) >= 11 is 0. The van der Waals surface area contributed by atoms with Crippen LogP contribution >= 0.6 is 0 Å². The van der Waals surface area contributed by atoms with Crippen molar-refractivity contribution in [3.05, 3.63) is 23.8 Å². The highest BCUT2D eigenvalue weighted by Crippen LogP contribution is 2.32. The largest absolute Gasteiger partial charge is 0.454 e. The Bertz CT molecular complexity index is 524. The number of fused-ring (bicyclic) bond motifs is 1. The topological polar surface area (TPSA) is 71.8 Å². The molecule has 0 atom stereocenters. The van der Waals surface area contributed by atoms with Gasteiger partial charge in [-0.05, 0) is 17.7 Å². The first-order chi connectivity index (χ1) is 9.70. The molecule has 0 radical (unpaired) electrons. The Morgan fingerprint density at radius 2 is 2.25 bits per heavy atom. The van der Waals surface area contributed by atoms with E-state index in [1.54, 1.807) is 7.05 Å². The number of nitrogens with zero attached hydrogens (tertiary/aromatic N) is 2. The highest BCUT2D eigenvalue weighted by Gasteiger charge is 2.13. The Balaban J connectivity index is 1.76. The smallest absolute Gasteiger partial charge is 0.248 e. The van der Waals surface area contributed by atoms with Gasteiger partial charge in [-0.1, -0.05) is 6.07 Å². The van der Waals surface area contributed by atoms with E-state index in [0.29, 0.717) is 25.3 Å². The van der Waals surface area contributed by atoms with Crippen molar-refractivity contribution in [1.29, 1.82) is 5.26 Å². The zero-order valence-corrected chi connectivity index (χ0v) is 11.3. The summed E-state index contributed by atoms with van der Waals surface area (Å²) in [7, 11) is 1.66. The number of likely N-dealkylation sites (N-methyl/N-ethyl adjacent to an activating group) is 1. The van der Waals surface area contributed by atoms with E-state index in [1.807, 2.05) is 24.3 Å². The molecule has 1 aliphatic rings. The Morgan fingerprint density at radius 3 is 3.05 bits per heavy atom. The molecule has 6 heteroatoms. The molecular formula is C14H16N2O4. The molecule has 0 bridgehead atoms. The molecule has 0 aliphatic carbocycles. The number of hydrogen-bond acceptors (Lipinski definition) is 5. The molecule has 0 unspecified atom stereocenters. The summed E-state index contributed by atoms with van der Waals surface area (Å²) in [5, 5.41) is 8.46. The summed E-state index contributed by atoms with van der Waals surface area (Å²) in [6.45, 7) is 0.982. The van der Waals surface area contributed by atoms with Gasteiger partial charge in [-0.25, -0.2) is 0 Å². The molecule has 1 heterocycles. The minimum atomic E-state index is -0.138. The molecule has 0 aromatic heterocycles. The van der Waals surface area contributed by atoms with Crippen LogP contribution in [0.25, 0.3) is 0 Å². The third kappa shape index (κ3) is 3.62. The fourth-order valence-corrected chi connectivity index (χ4v) is 1.74. The molecule has 0 fully saturated rings. The van der Waals surface area contributed by atoms with Crippen LogP contribution in [0.3, 0.4) is 0 Å². The standard InChI is InChI=1S/C14H16N2O4/c1-16(6-2-5-15)14(17)9-18-8-11-3-4-12-13(7-11)20-10-19-12/h3-4,7H,2,6,8-10H2,1H3. The second-order valence-electron chi connectivity index (χ2n) is 4.40. The minimum absolute atomic E-state index is 0.00360. The Labute approximate surface area is 117 Å². The second-order valence-corrected chi connectivity index (χ2v) is 4.40. The van der Waals surface area contributed by atoms with Crippen molar-refractivity contribution in [3.8, 4) is 17.6 Å². The van der Waals surface area contributed by atoms with Crippen LogP contribution in [0.15, 0.2) is 18.2 Å². The normalized spacial score (nSPS) is 12.0. The first kappa shape index (κ1) is 14.2. The lowest BCUT2D eigenvalue weighted by molar-refractivity contribution is -0.135. The van der Waals surface area contributed by atoms with Gasteiger partial charge in [0.15, 0.2) is 11.5 Å². The molecule has 0 spiro atoms. The molecule has 6 nitrogen and oxygen atoms in total. The Kier molecular flexibility index (Phi) is 4.80. The Hall–Kier alpha value is -2.26. The van der Waals surface area contributed by atoms with Crippen LogP contribution in [0, 0.1) is 11.3 Å². The van der Waals surface area contributed by atoms with Crippen LogP contribution in [-0.2, 0) is 16.1 Å². The molecule has 0 saturated carbocycles. The third-order valence-corrected chi connectivity index (χ3v) is 2.92. The van der Waals surface area contributed by atoms with Crippen LogP contribution in [0.4, 0.5) is 0 Å². The second kappa shape index (κ2) is 6.78. The van der Waals surface area contributed by atoms with Gasteiger partial charge in [0.2, 0.25) is 12.7 Å². The number of amides is 1. The number of carbonyl (C=O) groups is 1. The van der Waals surface area contributed by atoms with Crippen LogP contribution in [-0.4, -0.2) is 37.8 Å². The number of hydrogen-bond donors (Lipinski definition) is 0. The maximum Gasteiger partial charge on any atom is 0.248 e. The number of carbonyl (C=O) groups excluding carboxylic acids is 1. The molecule has 0 saturated heterocycles. The van der Waals surface area contributed by atoms with Crippen molar-refractivity contribution in [2.24, 2.45) is 0 Å². The monoisotopic (exact) mass is 276 g/mol. The van der Waals surface area contributed by atoms with Gasteiger partial charge in [-0.3, -0.25) is 4.79 Å². The van der Waals surface area contributed by atoms with E-state index >= 15 is 0 Å². The average molecular weight is 276 g/mol. The van der Waals surface area contributed by atoms with Crippen molar-refractivity contribution < 1.29 is 19.0 Å². The van der Waals surface area contributed by atoms with Gasteiger partial charge < -0.3 is 19.1 Å². The summed E-state index contributed by atoms with van der Waals surface area (Å²) in [4.78, 5) is 13.2. The van der Waals surface area contributed by atoms with E-state index in [-0.39, 0.29) is 19.3 Å². The van der Waals surface area contributed by atoms with Crippen LogP contribution in [0.2, 0.25) is 0 Å². The number of benzene rings is 1. The summed E-state index contributed by atoms with van der Waals surface area (Å²) in [5.74, 6) is 1.28. The van der Waals surface area contributed by atoms with E-state index in [2.05, 4.69) is 0 Å². The predicted octanol–water partition coefficient (Wildman–Crippen LogP) is 1.30. The van der Waals surface area contributed by atoms with Crippen LogP contribution in [0.1, 0.15) is 12.0 Å².